The van der Waals surface area contributed by atoms with E-state index in [-0.39, 0.29) is 35.0 Å². The fraction of sp³-hybridized carbons (Fsp3) is 0.364. The van der Waals surface area contributed by atoms with Crippen molar-refractivity contribution < 1.29 is 19.5 Å². The Labute approximate surface area is 169 Å². The number of carbonyl (C=O) groups is 3. The van der Waals surface area contributed by atoms with Gasteiger partial charge in [0.15, 0.2) is 0 Å². The smallest absolute Gasteiger partial charge is 0.354 e. The number of amides is 2. The lowest BCUT2D eigenvalue weighted by Gasteiger charge is -2.34. The average molecular weight is 395 g/mol. The number of carboxylic acids is 1. The van der Waals surface area contributed by atoms with Gasteiger partial charge in [0.2, 0.25) is 5.91 Å². The number of rotatable bonds is 6. The van der Waals surface area contributed by atoms with E-state index in [1.807, 2.05) is 42.2 Å². The molecule has 0 aliphatic carbocycles. The van der Waals surface area contributed by atoms with Crippen LogP contribution in [0.15, 0.2) is 48.7 Å². The molecule has 1 aromatic carbocycles. The van der Waals surface area contributed by atoms with Crippen molar-refractivity contribution in [3.05, 3.63) is 65.5 Å². The zero-order valence-corrected chi connectivity index (χ0v) is 16.4. The standard InChI is InChI=1S/C22H25N3O4/c1-2-18(15-6-4-3-5-7-15)21(27)25-12-9-17(10-13-25)24-20(26)16-8-11-23-19(14-16)22(28)29/h3-8,11,14,17-18H,2,9-10,12-13H2,1H3,(H,24,26)(H,28,29). The maximum atomic E-state index is 13.0. The lowest BCUT2D eigenvalue weighted by molar-refractivity contribution is -0.134. The summed E-state index contributed by atoms with van der Waals surface area (Å²) in [6, 6.07) is 12.5. The van der Waals surface area contributed by atoms with Crippen LogP contribution in [-0.2, 0) is 4.79 Å². The number of likely N-dealkylation sites (tertiary alicyclic amines) is 1. The lowest BCUT2D eigenvalue weighted by Crippen LogP contribution is -2.47. The molecule has 2 heterocycles. The molecule has 7 heteroatoms. The van der Waals surface area contributed by atoms with Crippen LogP contribution in [0.4, 0.5) is 0 Å². The van der Waals surface area contributed by atoms with Crippen LogP contribution in [0.1, 0.15) is 58.5 Å². The second kappa shape index (κ2) is 9.32. The van der Waals surface area contributed by atoms with Gasteiger partial charge in [-0.15, -0.1) is 0 Å². The maximum Gasteiger partial charge on any atom is 0.354 e. The summed E-state index contributed by atoms with van der Waals surface area (Å²) in [5.41, 5.74) is 1.14. The monoisotopic (exact) mass is 395 g/mol. The zero-order valence-electron chi connectivity index (χ0n) is 16.4. The number of hydrogen-bond acceptors (Lipinski definition) is 4. The van der Waals surface area contributed by atoms with E-state index >= 15 is 0 Å². The number of benzene rings is 1. The second-order valence-electron chi connectivity index (χ2n) is 7.18. The molecule has 152 valence electrons. The highest BCUT2D eigenvalue weighted by atomic mass is 16.4. The molecule has 1 fully saturated rings. The molecule has 2 aromatic rings. The van der Waals surface area contributed by atoms with Gasteiger partial charge in [0.25, 0.3) is 5.91 Å². The molecule has 1 aliphatic heterocycles. The fourth-order valence-corrected chi connectivity index (χ4v) is 3.66. The molecule has 0 bridgehead atoms. The number of nitrogens with zero attached hydrogens (tertiary/aromatic N) is 2. The number of pyridine rings is 1. The van der Waals surface area contributed by atoms with Crippen molar-refractivity contribution in [3.8, 4) is 0 Å². The highest BCUT2D eigenvalue weighted by molar-refractivity contribution is 5.96. The molecule has 29 heavy (non-hydrogen) atoms. The first-order valence-electron chi connectivity index (χ1n) is 9.83. The number of hydrogen-bond donors (Lipinski definition) is 2. The molecule has 1 saturated heterocycles. The summed E-state index contributed by atoms with van der Waals surface area (Å²) < 4.78 is 0. The van der Waals surface area contributed by atoms with Crippen molar-refractivity contribution in [2.45, 2.75) is 38.1 Å². The molecular formula is C22H25N3O4. The first-order chi connectivity index (χ1) is 14.0. The lowest BCUT2D eigenvalue weighted by atomic mass is 9.93. The summed E-state index contributed by atoms with van der Waals surface area (Å²) in [4.78, 5) is 42.0. The topological polar surface area (TPSA) is 99.6 Å². The van der Waals surface area contributed by atoms with E-state index in [0.717, 1.165) is 12.0 Å². The van der Waals surface area contributed by atoms with Gasteiger partial charge in [0.05, 0.1) is 5.92 Å². The molecule has 1 aliphatic rings. The van der Waals surface area contributed by atoms with Crippen LogP contribution < -0.4 is 5.32 Å². The van der Waals surface area contributed by atoms with Gasteiger partial charge in [-0.1, -0.05) is 37.3 Å². The first-order valence-corrected chi connectivity index (χ1v) is 9.83. The Hall–Kier alpha value is -3.22. The SMILES string of the molecule is CCC(C(=O)N1CCC(NC(=O)c2ccnc(C(=O)O)c2)CC1)c1ccccc1. The van der Waals surface area contributed by atoms with Crippen molar-refractivity contribution in [3.63, 3.8) is 0 Å². The highest BCUT2D eigenvalue weighted by Crippen LogP contribution is 2.24. The van der Waals surface area contributed by atoms with E-state index in [1.165, 1.54) is 18.3 Å². The Bertz CT molecular complexity index is 877. The molecular weight excluding hydrogens is 370 g/mol. The number of nitrogens with one attached hydrogen (secondary N) is 1. The Morgan fingerprint density at radius 1 is 1.17 bits per heavy atom. The van der Waals surface area contributed by atoms with Crippen LogP contribution in [0, 0.1) is 0 Å². The normalized spacial score (nSPS) is 15.6. The zero-order chi connectivity index (χ0) is 20.8. The first kappa shape index (κ1) is 20.5. The molecule has 1 unspecified atom stereocenters. The summed E-state index contributed by atoms with van der Waals surface area (Å²) in [5, 5.41) is 11.9. The molecule has 2 N–H and O–H groups in total. The van der Waals surface area contributed by atoms with Crippen LogP contribution in [0.3, 0.4) is 0 Å². The Morgan fingerprint density at radius 3 is 2.48 bits per heavy atom. The summed E-state index contributed by atoms with van der Waals surface area (Å²) in [7, 11) is 0. The van der Waals surface area contributed by atoms with Gasteiger partial charge in [-0.05, 0) is 37.0 Å². The summed E-state index contributed by atoms with van der Waals surface area (Å²) in [6.45, 7) is 3.19. The summed E-state index contributed by atoms with van der Waals surface area (Å²) >= 11 is 0. The highest BCUT2D eigenvalue weighted by Gasteiger charge is 2.29. The van der Waals surface area contributed by atoms with Crippen molar-refractivity contribution in [2.75, 3.05) is 13.1 Å². The van der Waals surface area contributed by atoms with E-state index in [2.05, 4.69) is 10.3 Å². The number of carbonyl (C=O) groups excluding carboxylic acids is 2. The minimum absolute atomic E-state index is 0.0511. The van der Waals surface area contributed by atoms with Crippen LogP contribution >= 0.6 is 0 Å². The van der Waals surface area contributed by atoms with Crippen LogP contribution in [0.2, 0.25) is 0 Å². The van der Waals surface area contributed by atoms with Crippen molar-refractivity contribution in [1.29, 1.82) is 0 Å². The van der Waals surface area contributed by atoms with Gasteiger partial charge >= 0.3 is 5.97 Å². The molecule has 3 rings (SSSR count). The third-order valence-electron chi connectivity index (χ3n) is 5.29. The van der Waals surface area contributed by atoms with E-state index in [1.54, 1.807) is 0 Å². The third kappa shape index (κ3) is 4.99. The van der Waals surface area contributed by atoms with Crippen molar-refractivity contribution >= 4 is 17.8 Å². The van der Waals surface area contributed by atoms with Gasteiger partial charge in [-0.2, -0.15) is 0 Å². The second-order valence-corrected chi connectivity index (χ2v) is 7.18. The van der Waals surface area contributed by atoms with E-state index in [4.69, 9.17) is 5.11 Å². The number of aromatic carboxylic acids is 1. The molecule has 0 saturated carbocycles. The predicted octanol–water partition coefficient (Wildman–Crippen LogP) is 2.69. The van der Waals surface area contributed by atoms with E-state index in [0.29, 0.717) is 25.9 Å². The number of aromatic nitrogens is 1. The van der Waals surface area contributed by atoms with E-state index < -0.39 is 5.97 Å². The Kier molecular flexibility index (Phi) is 6.59. The molecule has 2 amide bonds. The minimum Gasteiger partial charge on any atom is -0.477 e. The molecule has 0 radical (unpaired) electrons. The van der Waals surface area contributed by atoms with Gasteiger partial charge < -0.3 is 15.3 Å². The van der Waals surface area contributed by atoms with Gasteiger partial charge in [0, 0.05) is 30.9 Å². The third-order valence-corrected chi connectivity index (χ3v) is 5.29. The predicted molar refractivity (Wildman–Crippen MR) is 108 cm³/mol. The molecule has 1 atom stereocenters. The van der Waals surface area contributed by atoms with Gasteiger partial charge in [0.1, 0.15) is 5.69 Å². The molecule has 7 nitrogen and oxygen atoms in total. The number of piperidine rings is 1. The van der Waals surface area contributed by atoms with Gasteiger partial charge in [-0.3, -0.25) is 9.59 Å². The molecule has 1 aromatic heterocycles. The fourth-order valence-electron chi connectivity index (χ4n) is 3.66. The summed E-state index contributed by atoms with van der Waals surface area (Å²) in [6.07, 6.45) is 3.39. The summed E-state index contributed by atoms with van der Waals surface area (Å²) in [5.74, 6) is -1.51. The minimum atomic E-state index is -1.17. The Morgan fingerprint density at radius 2 is 1.86 bits per heavy atom. The largest absolute Gasteiger partial charge is 0.477 e. The Balaban J connectivity index is 1.56. The average Bonchev–Trinajstić information content (AvgIpc) is 2.75. The van der Waals surface area contributed by atoms with Crippen molar-refractivity contribution in [1.82, 2.24) is 15.2 Å². The maximum absolute atomic E-state index is 13.0. The van der Waals surface area contributed by atoms with E-state index in [9.17, 15) is 14.4 Å². The molecule has 0 spiro atoms. The van der Waals surface area contributed by atoms with Crippen molar-refractivity contribution in [2.24, 2.45) is 0 Å². The quantitative estimate of drug-likeness (QED) is 0.783. The van der Waals surface area contributed by atoms with Crippen LogP contribution in [-0.4, -0.2) is 51.9 Å². The van der Waals surface area contributed by atoms with Crippen LogP contribution in [0.25, 0.3) is 0 Å². The van der Waals surface area contributed by atoms with Crippen LogP contribution in [0.5, 0.6) is 0 Å². The van der Waals surface area contributed by atoms with Gasteiger partial charge in [-0.25, -0.2) is 9.78 Å². The number of carboxylic acid groups (broad SMARTS) is 1.